The van der Waals surface area contributed by atoms with Crippen LogP contribution in [0.3, 0.4) is 0 Å². The van der Waals surface area contributed by atoms with Crippen LogP contribution in [0.4, 0.5) is 5.69 Å². The van der Waals surface area contributed by atoms with E-state index in [4.69, 9.17) is 4.98 Å². The molecule has 5 rings (SSSR count). The van der Waals surface area contributed by atoms with E-state index in [1.807, 2.05) is 48.5 Å². The van der Waals surface area contributed by atoms with Crippen LogP contribution in [0.5, 0.6) is 0 Å². The summed E-state index contributed by atoms with van der Waals surface area (Å²) >= 11 is 3.32. The van der Waals surface area contributed by atoms with Gasteiger partial charge in [0.25, 0.3) is 11.8 Å². The number of carbonyl (C=O) groups excluding carboxylic acids is 2. The monoisotopic (exact) mass is 523 g/mol. The van der Waals surface area contributed by atoms with Crippen molar-refractivity contribution >= 4 is 50.8 Å². The average molecular weight is 524 g/mol. The quantitative estimate of drug-likeness (QED) is 0.213. The second-order valence-electron chi connectivity index (χ2n) is 8.61. The highest BCUT2D eigenvalue weighted by atomic mass is 32.2. The molecule has 0 aliphatic heterocycles. The Balaban J connectivity index is 1.26. The number of hydrogen-bond acceptors (Lipinski definition) is 5. The van der Waals surface area contributed by atoms with Crippen molar-refractivity contribution in [2.24, 2.45) is 0 Å². The van der Waals surface area contributed by atoms with Gasteiger partial charge in [-0.25, -0.2) is 4.98 Å². The minimum atomic E-state index is -0.330. The molecular formula is C30H25N3O2S2. The number of benzene rings is 4. The normalized spacial score (nSPS) is 10.8. The zero-order valence-electron chi connectivity index (χ0n) is 20.2. The van der Waals surface area contributed by atoms with Crippen LogP contribution in [0.15, 0.2) is 101 Å². The van der Waals surface area contributed by atoms with Crippen LogP contribution in [-0.4, -0.2) is 16.8 Å². The highest BCUT2D eigenvalue weighted by Crippen LogP contribution is 2.33. The second kappa shape index (κ2) is 11.4. The van der Waals surface area contributed by atoms with Gasteiger partial charge < -0.3 is 10.6 Å². The minimum absolute atomic E-state index is 0.289. The summed E-state index contributed by atoms with van der Waals surface area (Å²) in [5, 5.41) is 5.85. The molecule has 0 atom stereocenters. The van der Waals surface area contributed by atoms with Crippen molar-refractivity contribution in [3.05, 3.63) is 125 Å². The Hall–Kier alpha value is -3.94. The van der Waals surface area contributed by atoms with Gasteiger partial charge in [0, 0.05) is 18.0 Å². The lowest BCUT2D eigenvalue weighted by atomic mass is 10.1. The summed E-state index contributed by atoms with van der Waals surface area (Å²) in [5.41, 5.74) is 5.73. The SMILES string of the molecule is Cc1cccc(CSc2nc3ccc(NC(=O)c4ccccc4C(=O)NCc4ccccc4)cc3s2)c1. The van der Waals surface area contributed by atoms with E-state index in [1.165, 1.54) is 11.1 Å². The number of nitrogens with one attached hydrogen (secondary N) is 2. The first-order valence-electron chi connectivity index (χ1n) is 11.9. The van der Waals surface area contributed by atoms with Crippen molar-refractivity contribution < 1.29 is 9.59 Å². The van der Waals surface area contributed by atoms with Crippen molar-refractivity contribution in [3.8, 4) is 0 Å². The number of amides is 2. The van der Waals surface area contributed by atoms with Crippen LogP contribution < -0.4 is 10.6 Å². The average Bonchev–Trinajstić information content (AvgIpc) is 3.33. The van der Waals surface area contributed by atoms with Gasteiger partial charge in [-0.3, -0.25) is 9.59 Å². The predicted molar refractivity (Wildman–Crippen MR) is 152 cm³/mol. The molecule has 0 saturated heterocycles. The van der Waals surface area contributed by atoms with Gasteiger partial charge in [-0.1, -0.05) is 84.1 Å². The Kier molecular flexibility index (Phi) is 7.63. The van der Waals surface area contributed by atoms with E-state index >= 15 is 0 Å². The number of hydrogen-bond donors (Lipinski definition) is 2. The third-order valence-electron chi connectivity index (χ3n) is 5.78. The maximum Gasteiger partial charge on any atom is 0.256 e. The molecule has 0 unspecified atom stereocenters. The standard InChI is InChI=1S/C30H25N3O2S2/c1-20-8-7-11-22(16-20)19-36-30-33-26-15-14-23(17-27(26)37-30)32-29(35)25-13-6-5-12-24(25)28(34)31-18-21-9-3-2-4-10-21/h2-17H,18-19H2,1H3,(H,31,34)(H,32,35). The molecule has 0 aliphatic rings. The predicted octanol–water partition coefficient (Wildman–Crippen LogP) is 7.08. The molecule has 1 heterocycles. The zero-order valence-corrected chi connectivity index (χ0v) is 21.9. The Morgan fingerprint density at radius 2 is 1.54 bits per heavy atom. The van der Waals surface area contributed by atoms with Gasteiger partial charge in [-0.15, -0.1) is 11.3 Å². The van der Waals surface area contributed by atoms with Crippen molar-refractivity contribution in [3.63, 3.8) is 0 Å². The van der Waals surface area contributed by atoms with Crippen LogP contribution in [0.2, 0.25) is 0 Å². The number of rotatable bonds is 8. The Bertz CT molecular complexity index is 1560. The molecule has 1 aromatic heterocycles. The summed E-state index contributed by atoms with van der Waals surface area (Å²) in [4.78, 5) is 30.7. The molecule has 0 spiro atoms. The molecule has 0 fully saturated rings. The molecule has 0 aliphatic carbocycles. The number of thioether (sulfide) groups is 1. The third-order valence-corrected chi connectivity index (χ3v) is 8.02. The molecule has 184 valence electrons. The topological polar surface area (TPSA) is 71.1 Å². The summed E-state index contributed by atoms with van der Waals surface area (Å²) < 4.78 is 1.99. The van der Waals surface area contributed by atoms with E-state index in [0.29, 0.717) is 23.4 Å². The summed E-state index contributed by atoms with van der Waals surface area (Å²) in [6, 6.07) is 30.7. The van der Waals surface area contributed by atoms with Crippen molar-refractivity contribution in [2.75, 3.05) is 5.32 Å². The highest BCUT2D eigenvalue weighted by Gasteiger charge is 2.17. The maximum absolute atomic E-state index is 13.1. The molecule has 2 amide bonds. The van der Waals surface area contributed by atoms with Gasteiger partial charge in [0.2, 0.25) is 0 Å². The lowest BCUT2D eigenvalue weighted by Crippen LogP contribution is -2.26. The first-order valence-corrected chi connectivity index (χ1v) is 13.7. The lowest BCUT2D eigenvalue weighted by molar-refractivity contribution is 0.0938. The van der Waals surface area contributed by atoms with Gasteiger partial charge >= 0.3 is 0 Å². The maximum atomic E-state index is 13.1. The summed E-state index contributed by atoms with van der Waals surface area (Å²) in [6.07, 6.45) is 0. The van der Waals surface area contributed by atoms with Crippen LogP contribution in [0, 0.1) is 6.92 Å². The third kappa shape index (κ3) is 6.25. The smallest absolute Gasteiger partial charge is 0.256 e. The Labute approximate surface area is 224 Å². The minimum Gasteiger partial charge on any atom is -0.348 e. The van der Waals surface area contributed by atoms with E-state index in [9.17, 15) is 9.59 Å². The highest BCUT2D eigenvalue weighted by molar-refractivity contribution is 8.00. The van der Waals surface area contributed by atoms with Gasteiger partial charge in [0.1, 0.15) is 0 Å². The van der Waals surface area contributed by atoms with Gasteiger partial charge in [0.15, 0.2) is 4.34 Å². The van der Waals surface area contributed by atoms with Crippen molar-refractivity contribution in [1.82, 2.24) is 10.3 Å². The van der Waals surface area contributed by atoms with E-state index in [2.05, 4.69) is 41.8 Å². The largest absolute Gasteiger partial charge is 0.348 e. The van der Waals surface area contributed by atoms with E-state index in [1.54, 1.807) is 47.4 Å². The fraction of sp³-hybridized carbons (Fsp3) is 0.100. The molecule has 0 saturated carbocycles. The summed E-state index contributed by atoms with van der Waals surface area (Å²) in [5.74, 6) is 0.236. The number of aryl methyl sites for hydroxylation is 1. The Morgan fingerprint density at radius 1 is 0.811 bits per heavy atom. The van der Waals surface area contributed by atoms with E-state index in [-0.39, 0.29) is 11.8 Å². The van der Waals surface area contributed by atoms with Crippen LogP contribution in [0.1, 0.15) is 37.4 Å². The fourth-order valence-corrected chi connectivity index (χ4v) is 5.99. The van der Waals surface area contributed by atoms with Gasteiger partial charge in [-0.05, 0) is 48.4 Å². The van der Waals surface area contributed by atoms with Crippen LogP contribution in [-0.2, 0) is 12.3 Å². The fourth-order valence-electron chi connectivity index (χ4n) is 3.94. The number of carbonyl (C=O) groups is 2. The molecule has 7 heteroatoms. The molecular weight excluding hydrogens is 498 g/mol. The van der Waals surface area contributed by atoms with Crippen molar-refractivity contribution in [1.29, 1.82) is 0 Å². The second-order valence-corrected chi connectivity index (χ2v) is 10.9. The molecule has 5 aromatic rings. The molecule has 37 heavy (non-hydrogen) atoms. The molecule has 0 radical (unpaired) electrons. The number of nitrogens with zero attached hydrogens (tertiary/aromatic N) is 1. The number of fused-ring (bicyclic) bond motifs is 1. The molecule has 2 N–H and O–H groups in total. The molecule has 5 nitrogen and oxygen atoms in total. The number of anilines is 1. The van der Waals surface area contributed by atoms with Gasteiger partial charge in [-0.2, -0.15) is 0 Å². The number of thiazole rings is 1. The Morgan fingerprint density at radius 3 is 2.32 bits per heavy atom. The van der Waals surface area contributed by atoms with Crippen LogP contribution in [0.25, 0.3) is 10.2 Å². The number of aromatic nitrogens is 1. The van der Waals surface area contributed by atoms with Crippen molar-refractivity contribution in [2.45, 2.75) is 23.6 Å². The first-order chi connectivity index (χ1) is 18.0. The summed E-state index contributed by atoms with van der Waals surface area (Å²) in [6.45, 7) is 2.49. The molecule has 0 bridgehead atoms. The van der Waals surface area contributed by atoms with Crippen LogP contribution >= 0.6 is 23.1 Å². The zero-order chi connectivity index (χ0) is 25.6. The van der Waals surface area contributed by atoms with E-state index < -0.39 is 0 Å². The van der Waals surface area contributed by atoms with E-state index in [0.717, 1.165) is 25.9 Å². The van der Waals surface area contributed by atoms with Gasteiger partial charge in [0.05, 0.1) is 21.3 Å². The summed E-state index contributed by atoms with van der Waals surface area (Å²) in [7, 11) is 0. The first kappa shape index (κ1) is 24.7. The molecule has 4 aromatic carbocycles. The lowest BCUT2D eigenvalue weighted by Gasteiger charge is -2.11.